The molecule has 0 saturated carbocycles. The minimum atomic E-state index is -0.705. The molecule has 1 aromatic carbocycles. The molecule has 0 aliphatic rings. The minimum Gasteiger partial charge on any atom is -0.384 e. The maximum atomic E-state index is 13.7. The van der Waals surface area contributed by atoms with Gasteiger partial charge in [-0.25, -0.2) is 8.78 Å². The molecule has 2 rings (SSSR count). The number of nitrogen functional groups attached to an aromatic ring is 1. The van der Waals surface area contributed by atoms with E-state index >= 15 is 0 Å². The van der Waals surface area contributed by atoms with Crippen molar-refractivity contribution in [2.24, 2.45) is 0 Å². The smallest absolute Gasteiger partial charge is 0.175 e. The number of aromatic nitrogens is 1. The Morgan fingerprint density at radius 3 is 2.83 bits per heavy atom. The third-order valence-corrected chi connectivity index (χ3v) is 2.52. The van der Waals surface area contributed by atoms with E-state index in [1.165, 1.54) is 13.2 Å². The van der Waals surface area contributed by atoms with E-state index in [2.05, 4.69) is 5.16 Å². The molecule has 0 bridgehead atoms. The van der Waals surface area contributed by atoms with E-state index in [0.29, 0.717) is 24.4 Å². The van der Waals surface area contributed by atoms with Crippen LogP contribution in [0.25, 0.3) is 11.1 Å². The lowest BCUT2D eigenvalue weighted by atomic mass is 10.0. The lowest BCUT2D eigenvalue weighted by Gasteiger charge is -2.04. The Balaban J connectivity index is 2.45. The molecule has 0 amide bonds. The number of anilines is 1. The number of benzene rings is 1. The SMILES string of the molecule is COCCc1onc(N)c1-c1ccc(F)cc1F. The van der Waals surface area contributed by atoms with Crippen molar-refractivity contribution >= 4 is 5.82 Å². The first kappa shape index (κ1) is 12.5. The zero-order chi connectivity index (χ0) is 13.1. The van der Waals surface area contributed by atoms with Gasteiger partial charge in [0.15, 0.2) is 5.82 Å². The first-order chi connectivity index (χ1) is 8.63. The van der Waals surface area contributed by atoms with Crippen molar-refractivity contribution in [3.63, 3.8) is 0 Å². The predicted octanol–water partition coefficient (Wildman–Crippen LogP) is 2.39. The van der Waals surface area contributed by atoms with Crippen molar-refractivity contribution in [2.45, 2.75) is 6.42 Å². The van der Waals surface area contributed by atoms with E-state index in [1.54, 1.807) is 0 Å². The van der Waals surface area contributed by atoms with Gasteiger partial charge in [0.1, 0.15) is 17.4 Å². The van der Waals surface area contributed by atoms with Crippen LogP contribution in [0.4, 0.5) is 14.6 Å². The average molecular weight is 254 g/mol. The molecule has 1 heterocycles. The molecule has 2 aromatic rings. The Labute approximate surface area is 102 Å². The van der Waals surface area contributed by atoms with Gasteiger partial charge >= 0.3 is 0 Å². The van der Waals surface area contributed by atoms with Crippen molar-refractivity contribution in [3.8, 4) is 11.1 Å². The highest BCUT2D eigenvalue weighted by atomic mass is 19.1. The van der Waals surface area contributed by atoms with Crippen molar-refractivity contribution < 1.29 is 18.0 Å². The topological polar surface area (TPSA) is 61.3 Å². The monoisotopic (exact) mass is 254 g/mol. The van der Waals surface area contributed by atoms with E-state index in [4.69, 9.17) is 15.0 Å². The number of hydrogen-bond donors (Lipinski definition) is 1. The van der Waals surface area contributed by atoms with Gasteiger partial charge in [-0.15, -0.1) is 0 Å². The van der Waals surface area contributed by atoms with Gasteiger partial charge in [-0.3, -0.25) is 0 Å². The number of ether oxygens (including phenoxy) is 1. The first-order valence-corrected chi connectivity index (χ1v) is 5.32. The van der Waals surface area contributed by atoms with E-state index in [0.717, 1.165) is 12.1 Å². The zero-order valence-electron chi connectivity index (χ0n) is 9.74. The standard InChI is InChI=1S/C12H12F2N2O2/c1-17-5-4-10-11(12(15)16-18-10)8-3-2-7(13)6-9(8)14/h2-3,6H,4-5H2,1H3,(H2,15,16). The molecule has 96 valence electrons. The second-order valence-corrected chi connectivity index (χ2v) is 3.73. The fourth-order valence-electron chi connectivity index (χ4n) is 1.68. The van der Waals surface area contributed by atoms with Crippen LogP contribution >= 0.6 is 0 Å². The summed E-state index contributed by atoms with van der Waals surface area (Å²) in [4.78, 5) is 0. The van der Waals surface area contributed by atoms with Crippen LogP contribution in [0, 0.1) is 11.6 Å². The van der Waals surface area contributed by atoms with Crippen molar-refractivity contribution in [2.75, 3.05) is 19.5 Å². The number of rotatable bonds is 4. The van der Waals surface area contributed by atoms with E-state index in [9.17, 15) is 8.78 Å². The molecule has 4 nitrogen and oxygen atoms in total. The molecular formula is C12H12F2N2O2. The van der Waals surface area contributed by atoms with Crippen molar-refractivity contribution in [1.82, 2.24) is 5.16 Å². The molecule has 18 heavy (non-hydrogen) atoms. The number of nitrogens with two attached hydrogens (primary N) is 1. The predicted molar refractivity (Wildman–Crippen MR) is 61.8 cm³/mol. The Kier molecular flexibility index (Phi) is 3.57. The molecule has 0 aliphatic heterocycles. The highest BCUT2D eigenvalue weighted by Gasteiger charge is 2.19. The van der Waals surface area contributed by atoms with Crippen LogP contribution in [0.2, 0.25) is 0 Å². The molecule has 0 radical (unpaired) electrons. The lowest BCUT2D eigenvalue weighted by Crippen LogP contribution is -1.97. The van der Waals surface area contributed by atoms with Gasteiger partial charge in [-0.2, -0.15) is 0 Å². The molecule has 0 atom stereocenters. The number of methoxy groups -OCH3 is 1. The van der Waals surface area contributed by atoms with Crippen LogP contribution in [0.3, 0.4) is 0 Å². The Morgan fingerprint density at radius 2 is 2.17 bits per heavy atom. The van der Waals surface area contributed by atoms with Gasteiger partial charge < -0.3 is 15.0 Å². The molecule has 0 spiro atoms. The highest BCUT2D eigenvalue weighted by Crippen LogP contribution is 2.32. The summed E-state index contributed by atoms with van der Waals surface area (Å²) in [7, 11) is 1.54. The van der Waals surface area contributed by atoms with Crippen LogP contribution in [-0.4, -0.2) is 18.9 Å². The van der Waals surface area contributed by atoms with Crippen LogP contribution < -0.4 is 5.73 Å². The van der Waals surface area contributed by atoms with Gasteiger partial charge in [0.2, 0.25) is 0 Å². The van der Waals surface area contributed by atoms with Gasteiger partial charge in [-0.1, -0.05) is 5.16 Å². The zero-order valence-corrected chi connectivity index (χ0v) is 9.74. The van der Waals surface area contributed by atoms with E-state index < -0.39 is 11.6 Å². The molecule has 0 fully saturated rings. The summed E-state index contributed by atoms with van der Waals surface area (Å²) in [5.41, 5.74) is 6.17. The molecule has 0 unspecified atom stereocenters. The van der Waals surface area contributed by atoms with Gasteiger partial charge in [0.05, 0.1) is 12.2 Å². The minimum absolute atomic E-state index is 0.0756. The third kappa shape index (κ3) is 2.33. The highest BCUT2D eigenvalue weighted by molar-refractivity contribution is 5.75. The summed E-state index contributed by atoms with van der Waals surface area (Å²) in [6, 6.07) is 3.26. The summed E-state index contributed by atoms with van der Waals surface area (Å²) in [5, 5.41) is 3.60. The van der Waals surface area contributed by atoms with Crippen LogP contribution in [0.15, 0.2) is 22.7 Å². The number of hydrogen-bond acceptors (Lipinski definition) is 4. The summed E-state index contributed by atoms with van der Waals surface area (Å²) >= 11 is 0. The summed E-state index contributed by atoms with van der Waals surface area (Å²) in [6.45, 7) is 0.393. The van der Waals surface area contributed by atoms with Crippen LogP contribution in [-0.2, 0) is 11.2 Å². The fourth-order valence-corrected chi connectivity index (χ4v) is 1.68. The first-order valence-electron chi connectivity index (χ1n) is 5.32. The summed E-state index contributed by atoms with van der Waals surface area (Å²) in [5.74, 6) is -0.861. The van der Waals surface area contributed by atoms with E-state index in [1.807, 2.05) is 0 Å². The molecule has 1 aromatic heterocycles. The van der Waals surface area contributed by atoms with Gasteiger partial charge in [0, 0.05) is 25.2 Å². The maximum absolute atomic E-state index is 13.7. The number of halogens is 2. The molecule has 6 heteroatoms. The lowest BCUT2D eigenvalue weighted by molar-refractivity contribution is 0.193. The summed E-state index contributed by atoms with van der Waals surface area (Å²) in [6.07, 6.45) is 0.410. The van der Waals surface area contributed by atoms with Crippen molar-refractivity contribution in [3.05, 3.63) is 35.6 Å². The quantitative estimate of drug-likeness (QED) is 0.910. The normalized spacial score (nSPS) is 10.8. The summed E-state index contributed by atoms with van der Waals surface area (Å²) < 4.78 is 36.5. The molecule has 0 aliphatic carbocycles. The second-order valence-electron chi connectivity index (χ2n) is 3.73. The molecular weight excluding hydrogens is 242 g/mol. The second kappa shape index (κ2) is 5.14. The Morgan fingerprint density at radius 1 is 1.39 bits per heavy atom. The Bertz CT molecular complexity index is 555. The average Bonchev–Trinajstić information content (AvgIpc) is 2.68. The Hall–Kier alpha value is -1.95. The fraction of sp³-hybridized carbons (Fsp3) is 0.250. The van der Waals surface area contributed by atoms with Crippen LogP contribution in [0.1, 0.15) is 5.76 Å². The van der Waals surface area contributed by atoms with Gasteiger partial charge in [0.25, 0.3) is 0 Å². The number of nitrogens with zero attached hydrogens (tertiary/aromatic N) is 1. The van der Waals surface area contributed by atoms with Crippen LogP contribution in [0.5, 0.6) is 0 Å². The molecule has 0 saturated heterocycles. The third-order valence-electron chi connectivity index (χ3n) is 2.52. The van der Waals surface area contributed by atoms with Gasteiger partial charge in [-0.05, 0) is 12.1 Å². The van der Waals surface area contributed by atoms with Crippen molar-refractivity contribution in [1.29, 1.82) is 0 Å². The van der Waals surface area contributed by atoms with E-state index in [-0.39, 0.29) is 11.4 Å². The molecule has 2 N–H and O–H groups in total. The largest absolute Gasteiger partial charge is 0.384 e. The maximum Gasteiger partial charge on any atom is 0.175 e.